The van der Waals surface area contributed by atoms with Crippen LogP contribution in [0.25, 0.3) is 0 Å². The van der Waals surface area contributed by atoms with Gasteiger partial charge in [0.15, 0.2) is 6.10 Å². The van der Waals surface area contributed by atoms with E-state index in [-0.39, 0.29) is 25.2 Å². The first-order valence-corrected chi connectivity index (χ1v) is 25.2. The van der Waals surface area contributed by atoms with E-state index in [1.54, 1.807) is 0 Å². The Kier molecular flexibility index (Phi) is 47.4. The normalized spacial score (nSPS) is 12.5. The molecule has 58 heavy (non-hydrogen) atoms. The number of carbonyl (C=O) groups excluding carboxylic acids is 2. The number of carbonyl (C=O) groups is 2. The Morgan fingerprint density at radius 1 is 0.414 bits per heavy atom. The van der Waals surface area contributed by atoms with Crippen LogP contribution in [0, 0.1) is 0 Å². The van der Waals surface area contributed by atoms with Crippen LogP contribution in [0.4, 0.5) is 0 Å². The number of hydrogen-bond acceptors (Lipinski definition) is 5. The van der Waals surface area contributed by atoms with Gasteiger partial charge >= 0.3 is 11.9 Å². The van der Waals surface area contributed by atoms with Gasteiger partial charge in [0.05, 0.1) is 6.61 Å². The first-order valence-electron chi connectivity index (χ1n) is 25.2. The highest BCUT2D eigenvalue weighted by molar-refractivity contribution is 5.70. The highest BCUT2D eigenvalue weighted by Gasteiger charge is 2.16. The molecule has 1 unspecified atom stereocenters. The fourth-order valence-corrected chi connectivity index (χ4v) is 7.37. The van der Waals surface area contributed by atoms with E-state index in [9.17, 15) is 14.7 Å². The van der Waals surface area contributed by atoms with Crippen LogP contribution < -0.4 is 0 Å². The highest BCUT2D eigenvalue weighted by atomic mass is 16.6. The number of hydrogen-bond donors (Lipinski definition) is 1. The third-order valence-corrected chi connectivity index (χ3v) is 11.1. The molecule has 0 aliphatic heterocycles. The number of esters is 2. The van der Waals surface area contributed by atoms with Crippen LogP contribution in [0.1, 0.15) is 258 Å². The summed E-state index contributed by atoms with van der Waals surface area (Å²) in [7, 11) is 0. The van der Waals surface area contributed by atoms with E-state index in [1.165, 1.54) is 167 Å². The second-order valence-electron chi connectivity index (χ2n) is 16.9. The lowest BCUT2D eigenvalue weighted by Crippen LogP contribution is -2.28. The molecule has 338 valence electrons. The van der Waals surface area contributed by atoms with Gasteiger partial charge in [-0.2, -0.15) is 0 Å². The van der Waals surface area contributed by atoms with E-state index in [0.29, 0.717) is 12.8 Å². The summed E-state index contributed by atoms with van der Waals surface area (Å²) in [6.45, 7) is 4.06. The Hall–Kier alpha value is -2.14. The number of allylic oxidation sites excluding steroid dienone is 8. The molecule has 0 aromatic heterocycles. The van der Waals surface area contributed by atoms with Crippen molar-refractivity contribution >= 4 is 11.9 Å². The van der Waals surface area contributed by atoms with E-state index in [2.05, 4.69) is 62.5 Å². The molecule has 0 aromatic carbocycles. The highest BCUT2D eigenvalue weighted by Crippen LogP contribution is 2.16. The molecule has 0 saturated carbocycles. The maximum Gasteiger partial charge on any atom is 0.306 e. The molecule has 1 N–H and O–H groups in total. The molecule has 0 rings (SSSR count). The van der Waals surface area contributed by atoms with Crippen LogP contribution in [0.2, 0.25) is 0 Å². The Morgan fingerprint density at radius 2 is 0.741 bits per heavy atom. The summed E-state index contributed by atoms with van der Waals surface area (Å²) in [4.78, 5) is 24.4. The molecule has 0 aliphatic carbocycles. The van der Waals surface area contributed by atoms with Crippen molar-refractivity contribution in [1.29, 1.82) is 0 Å². The summed E-state index contributed by atoms with van der Waals surface area (Å²) < 4.78 is 10.7. The molecule has 0 radical (unpaired) electrons. The van der Waals surface area contributed by atoms with E-state index in [4.69, 9.17) is 9.47 Å². The van der Waals surface area contributed by atoms with Crippen LogP contribution in [0.15, 0.2) is 48.6 Å². The predicted molar refractivity (Wildman–Crippen MR) is 251 cm³/mol. The van der Waals surface area contributed by atoms with Crippen LogP contribution in [0.5, 0.6) is 0 Å². The lowest BCUT2D eigenvalue weighted by atomic mass is 10.0. The van der Waals surface area contributed by atoms with Crippen molar-refractivity contribution < 1.29 is 24.2 Å². The molecule has 5 nitrogen and oxygen atoms in total. The maximum absolute atomic E-state index is 12.3. The molecule has 0 bridgehead atoms. The number of aliphatic hydroxyl groups excluding tert-OH is 1. The fourth-order valence-electron chi connectivity index (χ4n) is 7.37. The molecule has 0 aliphatic rings. The van der Waals surface area contributed by atoms with Gasteiger partial charge in [-0.05, 0) is 51.4 Å². The molecule has 5 heteroatoms. The molecule has 0 amide bonds. The number of ether oxygens (including phenoxy) is 2. The van der Waals surface area contributed by atoms with Gasteiger partial charge in [-0.3, -0.25) is 9.59 Å². The Labute approximate surface area is 360 Å². The van der Waals surface area contributed by atoms with Crippen molar-refractivity contribution in [2.75, 3.05) is 13.2 Å². The minimum Gasteiger partial charge on any atom is -0.462 e. The fraction of sp³-hybridized carbons (Fsp3) is 0.811. The maximum atomic E-state index is 12.3. The van der Waals surface area contributed by atoms with E-state index in [1.807, 2.05) is 0 Å². The summed E-state index contributed by atoms with van der Waals surface area (Å²) in [6.07, 6.45) is 63.4. The summed E-state index contributed by atoms with van der Waals surface area (Å²) in [5.41, 5.74) is 0. The molecular weight excluding hydrogens is 717 g/mol. The van der Waals surface area contributed by atoms with Gasteiger partial charge in [0, 0.05) is 12.8 Å². The average Bonchev–Trinajstić information content (AvgIpc) is 3.23. The molecule has 0 heterocycles. The van der Waals surface area contributed by atoms with Gasteiger partial charge in [0.2, 0.25) is 0 Å². The molecule has 0 spiro atoms. The number of aliphatic hydroxyl groups is 1. The zero-order chi connectivity index (χ0) is 42.1. The molecule has 0 saturated heterocycles. The summed E-state index contributed by atoms with van der Waals surface area (Å²) >= 11 is 0. The second-order valence-corrected chi connectivity index (χ2v) is 16.9. The Balaban J connectivity index is 3.49. The monoisotopic (exact) mass is 813 g/mol. The first-order chi connectivity index (χ1) is 28.6. The van der Waals surface area contributed by atoms with Crippen molar-refractivity contribution in [3.63, 3.8) is 0 Å². The van der Waals surface area contributed by atoms with Crippen LogP contribution in [-0.4, -0.2) is 36.4 Å². The molecule has 1 atom stereocenters. The largest absolute Gasteiger partial charge is 0.462 e. The van der Waals surface area contributed by atoms with Crippen molar-refractivity contribution in [2.45, 2.75) is 264 Å². The van der Waals surface area contributed by atoms with Crippen LogP contribution in [0.3, 0.4) is 0 Å². The Bertz CT molecular complexity index is 966. The topological polar surface area (TPSA) is 72.8 Å². The van der Waals surface area contributed by atoms with Gasteiger partial charge in [-0.1, -0.05) is 242 Å². The molecule has 0 aromatic rings. The minimum atomic E-state index is -0.773. The van der Waals surface area contributed by atoms with Gasteiger partial charge in [-0.25, -0.2) is 0 Å². The van der Waals surface area contributed by atoms with Crippen molar-refractivity contribution in [1.82, 2.24) is 0 Å². The SMILES string of the molecule is CC/C=C\C/C=C\C/C=C\C/C=C\CCCCCCCCCCCCC(=O)OC(CO)COC(=O)CCCCCCCCCCCCCCCCCCCCCCC. The second kappa shape index (κ2) is 49.2. The summed E-state index contributed by atoms with van der Waals surface area (Å²) in [5.74, 6) is -0.584. The molecular formula is C53H96O5. The van der Waals surface area contributed by atoms with Gasteiger partial charge in [0.1, 0.15) is 6.61 Å². The van der Waals surface area contributed by atoms with E-state index >= 15 is 0 Å². The van der Waals surface area contributed by atoms with Crippen molar-refractivity contribution in [3.8, 4) is 0 Å². The summed E-state index contributed by atoms with van der Waals surface area (Å²) in [5, 5.41) is 9.62. The Morgan fingerprint density at radius 3 is 1.12 bits per heavy atom. The van der Waals surface area contributed by atoms with Crippen molar-refractivity contribution in [2.24, 2.45) is 0 Å². The average molecular weight is 813 g/mol. The summed E-state index contributed by atoms with van der Waals surface area (Å²) in [6, 6.07) is 0. The third kappa shape index (κ3) is 46.5. The van der Waals surface area contributed by atoms with Crippen LogP contribution >= 0.6 is 0 Å². The van der Waals surface area contributed by atoms with Crippen LogP contribution in [-0.2, 0) is 19.1 Å². The molecule has 0 fully saturated rings. The number of unbranched alkanes of at least 4 members (excludes halogenated alkanes) is 30. The van der Waals surface area contributed by atoms with Gasteiger partial charge < -0.3 is 14.6 Å². The lowest BCUT2D eigenvalue weighted by molar-refractivity contribution is -0.161. The lowest BCUT2D eigenvalue weighted by Gasteiger charge is -2.15. The van der Waals surface area contributed by atoms with Gasteiger partial charge in [0.25, 0.3) is 0 Å². The first kappa shape index (κ1) is 55.9. The standard InChI is InChI=1S/C53H96O5/c1-3-5-7-9-11-13-15-17-19-21-23-25-26-28-30-32-34-36-38-40-42-44-46-48-53(56)58-51(49-54)50-57-52(55)47-45-43-41-39-37-35-33-31-29-27-24-22-20-18-16-14-12-10-8-6-4-2/h5,7,11,13,17,19,23,25,51,54H,3-4,6,8-10,12,14-16,18,20-22,24,26-50H2,1-2H3/b7-5-,13-11-,19-17-,25-23-. The third-order valence-electron chi connectivity index (χ3n) is 11.1. The predicted octanol–water partition coefficient (Wildman–Crippen LogP) is 16.5. The zero-order valence-electron chi connectivity index (χ0n) is 38.6. The zero-order valence-corrected chi connectivity index (χ0v) is 38.6. The van der Waals surface area contributed by atoms with E-state index < -0.39 is 6.10 Å². The number of rotatable bonds is 46. The smallest absolute Gasteiger partial charge is 0.306 e. The van der Waals surface area contributed by atoms with E-state index in [0.717, 1.165) is 64.2 Å². The minimum absolute atomic E-state index is 0.0647. The van der Waals surface area contributed by atoms with Crippen molar-refractivity contribution in [3.05, 3.63) is 48.6 Å². The quantitative estimate of drug-likeness (QED) is 0.0376. The van der Waals surface area contributed by atoms with Gasteiger partial charge in [-0.15, -0.1) is 0 Å².